The summed E-state index contributed by atoms with van der Waals surface area (Å²) in [6.07, 6.45) is 0.729. The van der Waals surface area contributed by atoms with Gasteiger partial charge in [-0.15, -0.1) is 11.3 Å². The average molecular weight is 348 g/mol. The Morgan fingerprint density at radius 3 is 2.46 bits per heavy atom. The molecule has 0 fully saturated rings. The van der Waals surface area contributed by atoms with Gasteiger partial charge in [-0.3, -0.25) is 20.3 Å². The van der Waals surface area contributed by atoms with Crippen molar-refractivity contribution in [3.05, 3.63) is 55.8 Å². The van der Waals surface area contributed by atoms with Gasteiger partial charge in [-0.2, -0.15) is 0 Å². The standard InChI is InChI=1S/C15H16N4O4S/c1-3-12-9(2)24-8-13(12)14(20)17-18-15(21)16-10-4-6-11(7-5-10)19(22)23/h4-8H,3H2,1-2H3,(H,17,20)(H2,16,18,21). The number of carbonyl (C=O) groups is 2. The molecule has 3 amide bonds. The maximum atomic E-state index is 12.1. The second-order valence-electron chi connectivity index (χ2n) is 4.87. The van der Waals surface area contributed by atoms with Crippen molar-refractivity contribution in [3.8, 4) is 0 Å². The van der Waals surface area contributed by atoms with Gasteiger partial charge in [0.25, 0.3) is 11.6 Å². The third-order valence-electron chi connectivity index (χ3n) is 3.33. The molecule has 2 aromatic rings. The Balaban J connectivity index is 1.90. The molecule has 24 heavy (non-hydrogen) atoms. The van der Waals surface area contributed by atoms with Gasteiger partial charge >= 0.3 is 6.03 Å². The van der Waals surface area contributed by atoms with E-state index in [1.54, 1.807) is 5.38 Å². The van der Waals surface area contributed by atoms with E-state index < -0.39 is 16.9 Å². The fourth-order valence-electron chi connectivity index (χ4n) is 2.12. The van der Waals surface area contributed by atoms with Crippen LogP contribution in [0.1, 0.15) is 27.7 Å². The number of nitro benzene ring substituents is 1. The Morgan fingerprint density at radius 2 is 1.88 bits per heavy atom. The number of anilines is 1. The van der Waals surface area contributed by atoms with Crippen LogP contribution in [0.2, 0.25) is 0 Å². The smallest absolute Gasteiger partial charge is 0.307 e. The summed E-state index contributed by atoms with van der Waals surface area (Å²) in [5.41, 5.74) is 6.37. The van der Waals surface area contributed by atoms with Crippen LogP contribution in [0.15, 0.2) is 29.6 Å². The third kappa shape index (κ3) is 4.07. The van der Waals surface area contributed by atoms with Crippen LogP contribution in [0, 0.1) is 17.0 Å². The van der Waals surface area contributed by atoms with E-state index in [4.69, 9.17) is 0 Å². The first-order chi connectivity index (χ1) is 11.4. The summed E-state index contributed by atoms with van der Waals surface area (Å²) in [6, 6.07) is 4.70. The first-order valence-electron chi connectivity index (χ1n) is 7.11. The number of carbonyl (C=O) groups excluding carboxylic acids is 2. The van der Waals surface area contributed by atoms with E-state index in [9.17, 15) is 19.7 Å². The first kappa shape index (κ1) is 17.4. The molecule has 0 aliphatic rings. The molecule has 1 heterocycles. The van der Waals surface area contributed by atoms with Crippen LogP contribution in [-0.4, -0.2) is 16.9 Å². The predicted octanol–water partition coefficient (Wildman–Crippen LogP) is 2.99. The topological polar surface area (TPSA) is 113 Å². The molecule has 0 saturated heterocycles. The number of nitrogens with zero attached hydrogens (tertiary/aromatic N) is 1. The zero-order chi connectivity index (χ0) is 17.7. The number of benzene rings is 1. The number of non-ortho nitro benzene ring substituents is 1. The molecule has 0 unspecified atom stereocenters. The second-order valence-corrected chi connectivity index (χ2v) is 5.96. The Labute approximate surface area is 142 Å². The monoisotopic (exact) mass is 348 g/mol. The molecule has 0 spiro atoms. The lowest BCUT2D eigenvalue weighted by molar-refractivity contribution is -0.384. The molecule has 0 aliphatic heterocycles. The summed E-state index contributed by atoms with van der Waals surface area (Å²) >= 11 is 1.48. The number of urea groups is 1. The van der Waals surface area contributed by atoms with Gasteiger partial charge in [-0.05, 0) is 31.0 Å². The molecule has 3 N–H and O–H groups in total. The first-order valence-corrected chi connectivity index (χ1v) is 7.99. The number of hydrogen-bond acceptors (Lipinski definition) is 5. The quantitative estimate of drug-likeness (QED) is 0.582. The van der Waals surface area contributed by atoms with Gasteiger partial charge in [-0.1, -0.05) is 6.92 Å². The molecular formula is C15H16N4O4S. The largest absolute Gasteiger partial charge is 0.337 e. The van der Waals surface area contributed by atoms with Crippen LogP contribution in [0.25, 0.3) is 0 Å². The minimum absolute atomic E-state index is 0.0748. The Kier molecular flexibility index (Phi) is 5.48. The van der Waals surface area contributed by atoms with Crippen molar-refractivity contribution >= 4 is 34.6 Å². The van der Waals surface area contributed by atoms with Gasteiger partial charge in [0.15, 0.2) is 0 Å². The molecule has 0 aliphatic carbocycles. The van der Waals surface area contributed by atoms with Gasteiger partial charge in [0.2, 0.25) is 0 Å². The van der Waals surface area contributed by atoms with Gasteiger partial charge in [0.1, 0.15) is 0 Å². The highest BCUT2D eigenvalue weighted by atomic mass is 32.1. The average Bonchev–Trinajstić information content (AvgIpc) is 2.94. The third-order valence-corrected chi connectivity index (χ3v) is 4.28. The molecule has 9 heteroatoms. The van der Waals surface area contributed by atoms with Crippen molar-refractivity contribution in [1.29, 1.82) is 0 Å². The molecule has 0 radical (unpaired) electrons. The molecule has 1 aromatic heterocycles. The Hall–Kier alpha value is -2.94. The van der Waals surface area contributed by atoms with Gasteiger partial charge in [-0.25, -0.2) is 10.2 Å². The molecular weight excluding hydrogens is 332 g/mol. The van der Waals surface area contributed by atoms with E-state index in [1.165, 1.54) is 35.6 Å². The summed E-state index contributed by atoms with van der Waals surface area (Å²) in [4.78, 5) is 34.9. The highest BCUT2D eigenvalue weighted by Crippen LogP contribution is 2.22. The van der Waals surface area contributed by atoms with Gasteiger partial charge in [0.05, 0.1) is 10.5 Å². The molecule has 8 nitrogen and oxygen atoms in total. The summed E-state index contributed by atoms with van der Waals surface area (Å²) in [6.45, 7) is 3.90. The maximum absolute atomic E-state index is 12.1. The number of rotatable bonds is 4. The summed E-state index contributed by atoms with van der Waals surface area (Å²) in [5.74, 6) is -0.393. The zero-order valence-electron chi connectivity index (χ0n) is 13.1. The molecule has 0 bridgehead atoms. The lowest BCUT2D eigenvalue weighted by atomic mass is 10.1. The van der Waals surface area contributed by atoms with E-state index in [0.717, 1.165) is 16.9 Å². The Bertz CT molecular complexity index is 770. The molecule has 2 rings (SSSR count). The highest BCUT2D eigenvalue weighted by molar-refractivity contribution is 7.10. The van der Waals surface area contributed by atoms with Crippen molar-refractivity contribution in [2.45, 2.75) is 20.3 Å². The van der Waals surface area contributed by atoms with Crippen LogP contribution < -0.4 is 16.2 Å². The number of hydrazine groups is 1. The van der Waals surface area contributed by atoms with Crippen LogP contribution in [0.3, 0.4) is 0 Å². The van der Waals surface area contributed by atoms with Crippen LogP contribution in [0.5, 0.6) is 0 Å². The molecule has 126 valence electrons. The lowest BCUT2D eigenvalue weighted by Crippen LogP contribution is -2.44. The SMILES string of the molecule is CCc1c(C(=O)NNC(=O)Nc2ccc([N+](=O)[O-])cc2)csc1C. The van der Waals surface area contributed by atoms with Crippen LogP contribution >= 0.6 is 11.3 Å². The normalized spacial score (nSPS) is 10.1. The van der Waals surface area contributed by atoms with Crippen LogP contribution in [0.4, 0.5) is 16.2 Å². The lowest BCUT2D eigenvalue weighted by Gasteiger charge is -2.09. The summed E-state index contributed by atoms with van der Waals surface area (Å²) < 4.78 is 0. The fourth-order valence-corrected chi connectivity index (χ4v) is 3.06. The number of hydrogen-bond donors (Lipinski definition) is 3. The van der Waals surface area contributed by atoms with Gasteiger partial charge in [0, 0.05) is 28.1 Å². The number of amides is 3. The van der Waals surface area contributed by atoms with E-state index in [2.05, 4.69) is 16.2 Å². The van der Waals surface area contributed by atoms with Crippen molar-refractivity contribution in [1.82, 2.24) is 10.9 Å². The summed E-state index contributed by atoms with van der Waals surface area (Å²) in [7, 11) is 0. The number of thiophene rings is 1. The van der Waals surface area contributed by atoms with E-state index in [1.807, 2.05) is 13.8 Å². The van der Waals surface area contributed by atoms with Gasteiger partial charge < -0.3 is 5.32 Å². The number of aryl methyl sites for hydroxylation is 1. The van der Waals surface area contributed by atoms with E-state index >= 15 is 0 Å². The maximum Gasteiger partial charge on any atom is 0.337 e. The summed E-state index contributed by atoms with van der Waals surface area (Å²) in [5, 5.41) is 14.8. The molecule has 1 aromatic carbocycles. The van der Waals surface area contributed by atoms with Crippen LogP contribution in [-0.2, 0) is 6.42 Å². The highest BCUT2D eigenvalue weighted by Gasteiger charge is 2.15. The van der Waals surface area contributed by atoms with E-state index in [-0.39, 0.29) is 5.69 Å². The fraction of sp³-hybridized carbons (Fsp3) is 0.200. The number of nitro groups is 1. The molecule has 0 atom stereocenters. The predicted molar refractivity (Wildman–Crippen MR) is 91.2 cm³/mol. The van der Waals surface area contributed by atoms with Crippen molar-refractivity contribution in [3.63, 3.8) is 0 Å². The minimum atomic E-state index is -0.651. The Morgan fingerprint density at radius 1 is 1.21 bits per heavy atom. The van der Waals surface area contributed by atoms with Crippen molar-refractivity contribution in [2.75, 3.05) is 5.32 Å². The second kappa shape index (κ2) is 7.55. The van der Waals surface area contributed by atoms with E-state index in [0.29, 0.717) is 11.3 Å². The molecule has 0 saturated carbocycles. The van der Waals surface area contributed by atoms with Crippen molar-refractivity contribution < 1.29 is 14.5 Å². The zero-order valence-corrected chi connectivity index (χ0v) is 13.9. The van der Waals surface area contributed by atoms with Crippen molar-refractivity contribution in [2.24, 2.45) is 0 Å². The minimum Gasteiger partial charge on any atom is -0.307 e. The number of nitrogens with one attached hydrogen (secondary N) is 3.